The van der Waals surface area contributed by atoms with Crippen molar-refractivity contribution in [1.82, 2.24) is 19.8 Å². The lowest BCUT2D eigenvalue weighted by atomic mass is 9.92. The Morgan fingerprint density at radius 1 is 1.43 bits per heavy atom. The zero-order valence-electron chi connectivity index (χ0n) is 12.5. The van der Waals surface area contributed by atoms with Crippen LogP contribution in [0.5, 0.6) is 5.75 Å². The van der Waals surface area contributed by atoms with Gasteiger partial charge in [0.15, 0.2) is 11.6 Å². The van der Waals surface area contributed by atoms with Crippen molar-refractivity contribution in [3.05, 3.63) is 12.5 Å². The van der Waals surface area contributed by atoms with Crippen LogP contribution in [-0.2, 0) is 0 Å². The van der Waals surface area contributed by atoms with Gasteiger partial charge in [-0.25, -0.2) is 14.8 Å². The van der Waals surface area contributed by atoms with E-state index >= 15 is 0 Å². The number of carbonyl (C=O) groups is 1. The molecule has 21 heavy (non-hydrogen) atoms. The van der Waals surface area contributed by atoms with E-state index in [1.807, 2.05) is 4.90 Å². The minimum absolute atomic E-state index is 0.102. The highest BCUT2D eigenvalue weighted by Gasteiger charge is 2.39. The number of piperidine rings is 1. The van der Waals surface area contributed by atoms with Crippen LogP contribution in [0.2, 0.25) is 0 Å². The molecular formula is C14H21N5O2. The van der Waals surface area contributed by atoms with Crippen molar-refractivity contribution in [2.75, 3.05) is 39.1 Å². The maximum absolute atomic E-state index is 12.5. The Kier molecular flexibility index (Phi) is 3.92. The first-order chi connectivity index (χ1) is 10.2. The van der Waals surface area contributed by atoms with Crippen LogP contribution >= 0.6 is 0 Å². The summed E-state index contributed by atoms with van der Waals surface area (Å²) >= 11 is 0. The Morgan fingerprint density at radius 3 is 3.05 bits per heavy atom. The number of urea groups is 1. The Bertz CT molecular complexity index is 524. The van der Waals surface area contributed by atoms with Gasteiger partial charge in [-0.2, -0.15) is 0 Å². The fourth-order valence-corrected chi connectivity index (χ4v) is 3.28. The Morgan fingerprint density at radius 2 is 2.24 bits per heavy atom. The van der Waals surface area contributed by atoms with Gasteiger partial charge in [0, 0.05) is 19.1 Å². The summed E-state index contributed by atoms with van der Waals surface area (Å²) in [5.41, 5.74) is 0. The van der Waals surface area contributed by atoms with Gasteiger partial charge in [0.1, 0.15) is 6.33 Å². The van der Waals surface area contributed by atoms with Crippen molar-refractivity contribution in [2.45, 2.75) is 18.9 Å². The van der Waals surface area contributed by atoms with Gasteiger partial charge in [-0.1, -0.05) is 0 Å². The largest absolute Gasteiger partial charge is 0.491 e. The number of anilines is 1. The number of carbonyl (C=O) groups excluding carboxylic acids is 1. The van der Waals surface area contributed by atoms with Crippen LogP contribution in [0.1, 0.15) is 12.8 Å². The predicted octanol–water partition coefficient (Wildman–Crippen LogP) is 1.04. The third-order valence-corrected chi connectivity index (χ3v) is 4.45. The molecule has 3 rings (SSSR count). The molecule has 1 aromatic heterocycles. The zero-order valence-corrected chi connectivity index (χ0v) is 12.5. The number of nitrogens with zero attached hydrogens (tertiary/aromatic N) is 4. The number of likely N-dealkylation sites (N-methyl/N-ethyl adjacent to an activating group) is 1. The summed E-state index contributed by atoms with van der Waals surface area (Å²) in [5.74, 6) is 1.52. The van der Waals surface area contributed by atoms with Crippen LogP contribution < -0.4 is 10.1 Å². The Hall–Kier alpha value is -1.89. The SMILES string of the molecule is COc1cncnc1NC(=O)N1CCC2CCN(C)CC21. The number of fused-ring (bicyclic) bond motifs is 1. The lowest BCUT2D eigenvalue weighted by Gasteiger charge is -2.36. The van der Waals surface area contributed by atoms with Crippen LogP contribution in [0, 0.1) is 5.92 Å². The monoisotopic (exact) mass is 291 g/mol. The lowest BCUT2D eigenvalue weighted by Crippen LogP contribution is -2.49. The number of hydrogen-bond acceptors (Lipinski definition) is 5. The molecule has 0 bridgehead atoms. The van der Waals surface area contributed by atoms with Gasteiger partial charge < -0.3 is 14.5 Å². The molecule has 1 N–H and O–H groups in total. The van der Waals surface area contributed by atoms with E-state index in [4.69, 9.17) is 4.74 Å². The van der Waals surface area contributed by atoms with Crippen LogP contribution in [0.3, 0.4) is 0 Å². The summed E-state index contributed by atoms with van der Waals surface area (Å²) in [6.45, 7) is 2.87. The highest BCUT2D eigenvalue weighted by molar-refractivity contribution is 5.90. The fourth-order valence-electron chi connectivity index (χ4n) is 3.28. The van der Waals surface area contributed by atoms with Gasteiger partial charge in [-0.3, -0.25) is 5.32 Å². The molecule has 0 aliphatic carbocycles. The molecule has 2 fully saturated rings. The highest BCUT2D eigenvalue weighted by atomic mass is 16.5. The molecule has 2 aliphatic rings. The minimum atomic E-state index is -0.102. The molecule has 114 valence electrons. The van der Waals surface area contributed by atoms with Crippen molar-refractivity contribution in [1.29, 1.82) is 0 Å². The number of rotatable bonds is 2. The number of ether oxygens (including phenoxy) is 1. The normalized spacial score (nSPS) is 25.5. The van der Waals surface area contributed by atoms with Crippen molar-refractivity contribution in [2.24, 2.45) is 5.92 Å². The molecule has 0 spiro atoms. The number of hydrogen-bond donors (Lipinski definition) is 1. The van der Waals surface area contributed by atoms with Crippen LogP contribution in [-0.4, -0.2) is 65.6 Å². The summed E-state index contributed by atoms with van der Waals surface area (Å²) in [7, 11) is 3.65. The maximum Gasteiger partial charge on any atom is 0.323 e. The van der Waals surface area contributed by atoms with Gasteiger partial charge >= 0.3 is 6.03 Å². The molecule has 2 atom stereocenters. The van der Waals surface area contributed by atoms with E-state index in [-0.39, 0.29) is 6.03 Å². The first-order valence-corrected chi connectivity index (χ1v) is 7.29. The molecule has 7 heteroatoms. The van der Waals surface area contributed by atoms with Crippen molar-refractivity contribution in [3.63, 3.8) is 0 Å². The molecule has 7 nitrogen and oxygen atoms in total. The van der Waals surface area contributed by atoms with E-state index in [0.717, 1.165) is 26.1 Å². The van der Waals surface area contributed by atoms with E-state index in [9.17, 15) is 4.79 Å². The van der Waals surface area contributed by atoms with E-state index < -0.39 is 0 Å². The molecular weight excluding hydrogens is 270 g/mol. The van der Waals surface area contributed by atoms with Gasteiger partial charge in [0.25, 0.3) is 0 Å². The standard InChI is InChI=1S/C14H21N5O2/c1-18-5-3-10-4-6-19(11(10)8-18)14(20)17-13-12(21-2)7-15-9-16-13/h7,9-11H,3-6,8H2,1-2H3,(H,15,16,17,20). The van der Waals surface area contributed by atoms with Gasteiger partial charge in [0.2, 0.25) is 0 Å². The Labute approximate surface area is 124 Å². The molecule has 3 heterocycles. The fraction of sp³-hybridized carbons (Fsp3) is 0.643. The second-order valence-electron chi connectivity index (χ2n) is 5.73. The average molecular weight is 291 g/mol. The molecule has 2 unspecified atom stereocenters. The molecule has 2 amide bonds. The lowest BCUT2D eigenvalue weighted by molar-refractivity contribution is 0.137. The molecule has 0 saturated carbocycles. The average Bonchev–Trinajstić information content (AvgIpc) is 2.90. The quantitative estimate of drug-likeness (QED) is 0.881. The second kappa shape index (κ2) is 5.85. The Balaban J connectivity index is 1.70. The number of amides is 2. The number of nitrogens with one attached hydrogen (secondary N) is 1. The summed E-state index contributed by atoms with van der Waals surface area (Å²) in [6.07, 6.45) is 5.21. The third kappa shape index (κ3) is 2.78. The van der Waals surface area contributed by atoms with Crippen LogP contribution in [0.25, 0.3) is 0 Å². The molecule has 0 radical (unpaired) electrons. The van der Waals surface area contributed by atoms with E-state index in [2.05, 4.69) is 27.2 Å². The molecule has 0 aromatic carbocycles. The first kappa shape index (κ1) is 14.1. The molecule has 2 saturated heterocycles. The summed E-state index contributed by atoms with van der Waals surface area (Å²) in [6, 6.07) is 0.200. The van der Waals surface area contributed by atoms with E-state index in [1.54, 1.807) is 6.20 Å². The number of likely N-dealkylation sites (tertiary alicyclic amines) is 2. The smallest absolute Gasteiger partial charge is 0.323 e. The topological polar surface area (TPSA) is 70.6 Å². The summed E-state index contributed by atoms with van der Waals surface area (Å²) < 4.78 is 5.17. The predicted molar refractivity (Wildman–Crippen MR) is 78.3 cm³/mol. The van der Waals surface area contributed by atoms with Gasteiger partial charge in [0.05, 0.1) is 13.3 Å². The van der Waals surface area contributed by atoms with Crippen molar-refractivity contribution >= 4 is 11.8 Å². The second-order valence-corrected chi connectivity index (χ2v) is 5.73. The summed E-state index contributed by atoms with van der Waals surface area (Å²) in [4.78, 5) is 24.7. The van der Waals surface area contributed by atoms with Crippen LogP contribution in [0.15, 0.2) is 12.5 Å². The third-order valence-electron chi connectivity index (χ3n) is 4.45. The molecule has 1 aromatic rings. The summed E-state index contributed by atoms with van der Waals surface area (Å²) in [5, 5.41) is 2.84. The minimum Gasteiger partial charge on any atom is -0.491 e. The number of methoxy groups -OCH3 is 1. The highest BCUT2D eigenvalue weighted by Crippen LogP contribution is 2.32. The number of aromatic nitrogens is 2. The van der Waals surface area contributed by atoms with Gasteiger partial charge in [-0.15, -0.1) is 0 Å². The van der Waals surface area contributed by atoms with Crippen LogP contribution in [0.4, 0.5) is 10.6 Å². The van der Waals surface area contributed by atoms with Crippen molar-refractivity contribution < 1.29 is 9.53 Å². The van der Waals surface area contributed by atoms with E-state index in [0.29, 0.717) is 23.5 Å². The van der Waals surface area contributed by atoms with Crippen molar-refractivity contribution in [3.8, 4) is 5.75 Å². The first-order valence-electron chi connectivity index (χ1n) is 7.29. The maximum atomic E-state index is 12.5. The zero-order chi connectivity index (χ0) is 14.8. The van der Waals surface area contributed by atoms with E-state index in [1.165, 1.54) is 19.9 Å². The molecule has 2 aliphatic heterocycles. The van der Waals surface area contributed by atoms with Gasteiger partial charge in [-0.05, 0) is 32.4 Å².